The number of carbonyl (C=O) groups excluding carboxylic acids is 5. The molecular weight excluding hydrogens is 871 g/mol. The topological polar surface area (TPSA) is 184 Å². The number of aliphatic hydroxyl groups is 2. The fraction of sp³-hybridized carbons (Fsp3) is 0.759. The molecule has 0 aromatic rings. The Kier molecular flexibility index (Phi) is 22.5. The number of carbonyl (C=O) groups is 5. The van der Waals surface area contributed by atoms with Gasteiger partial charge in [-0.25, -0.2) is 4.79 Å². The summed E-state index contributed by atoms with van der Waals surface area (Å²) in [5.74, 6) is -7.74. The van der Waals surface area contributed by atoms with E-state index in [2.05, 4.69) is 0 Å². The molecule has 14 nitrogen and oxygen atoms in total. The lowest BCUT2D eigenvalue weighted by Gasteiger charge is -2.42. The zero-order valence-corrected chi connectivity index (χ0v) is 43.1. The SMILES string of the molecule is CO[C@H]1CC2CC[C@@H](C)C(O)(O2)C(=O)C(=O)N2CCCC[C@H]2C(=O)OC([C@H](C)C[C@@H]2CC[C@@H](OC(C)C)[C@H](OC)C2)CC(=O)[C@H](C)C=C(C)[C@@H](O)[C@@H](OC)C(=O)[C@H](C)C[C@H](C)C=CC=CC=C1C. The molecule has 1 amide bonds. The lowest BCUT2D eigenvalue weighted by molar-refractivity contribution is -0.265. The number of piperidine rings is 1. The van der Waals surface area contributed by atoms with Crippen molar-refractivity contribution in [1.29, 1.82) is 0 Å². The first-order valence-electron chi connectivity index (χ1n) is 25.3. The van der Waals surface area contributed by atoms with Crippen LogP contribution in [0.5, 0.6) is 0 Å². The molecule has 4 aliphatic rings. The van der Waals surface area contributed by atoms with E-state index >= 15 is 0 Å². The zero-order chi connectivity index (χ0) is 50.5. The number of rotatable bonds is 8. The van der Waals surface area contributed by atoms with Gasteiger partial charge < -0.3 is 43.5 Å². The minimum absolute atomic E-state index is 0.0232. The zero-order valence-electron chi connectivity index (χ0n) is 43.1. The molecule has 0 radical (unpaired) electrons. The van der Waals surface area contributed by atoms with Crippen molar-refractivity contribution in [2.45, 2.75) is 200 Å². The third-order valence-electron chi connectivity index (χ3n) is 14.9. The smallest absolute Gasteiger partial charge is 0.329 e. The fourth-order valence-corrected chi connectivity index (χ4v) is 10.6. The van der Waals surface area contributed by atoms with Crippen LogP contribution >= 0.6 is 0 Å². The molecule has 0 aromatic heterocycles. The second kappa shape index (κ2) is 26.7. The highest BCUT2D eigenvalue weighted by Gasteiger charge is 2.53. The van der Waals surface area contributed by atoms with Gasteiger partial charge in [-0.2, -0.15) is 0 Å². The lowest BCUT2D eigenvalue weighted by atomic mass is 9.78. The van der Waals surface area contributed by atoms with E-state index in [1.165, 1.54) is 12.0 Å². The van der Waals surface area contributed by atoms with E-state index in [1.807, 2.05) is 71.9 Å². The fourth-order valence-electron chi connectivity index (χ4n) is 10.6. The number of hydrogen-bond donors (Lipinski definition) is 2. The molecule has 3 unspecified atom stereocenters. The van der Waals surface area contributed by atoms with Gasteiger partial charge in [0.05, 0.1) is 30.5 Å². The summed E-state index contributed by atoms with van der Waals surface area (Å²) in [6.45, 7) is 16.9. The van der Waals surface area contributed by atoms with Crippen molar-refractivity contribution in [1.82, 2.24) is 4.90 Å². The Morgan fingerprint density at radius 2 is 1.54 bits per heavy atom. The number of ketones is 3. The van der Waals surface area contributed by atoms with E-state index in [1.54, 1.807) is 41.1 Å². The molecule has 3 fully saturated rings. The Hall–Kier alpha value is -3.37. The second-order valence-corrected chi connectivity index (χ2v) is 20.7. The van der Waals surface area contributed by atoms with Gasteiger partial charge in [-0.1, -0.05) is 71.1 Å². The number of hydrogen-bond acceptors (Lipinski definition) is 13. The summed E-state index contributed by atoms with van der Waals surface area (Å²) >= 11 is 0. The molecule has 1 saturated carbocycles. The van der Waals surface area contributed by atoms with Crippen LogP contribution in [0.15, 0.2) is 47.6 Å². The van der Waals surface area contributed by atoms with Gasteiger partial charge in [0.1, 0.15) is 30.1 Å². The third kappa shape index (κ3) is 15.3. The number of esters is 1. The number of amides is 1. The van der Waals surface area contributed by atoms with Crippen LogP contribution < -0.4 is 0 Å². The maximum absolute atomic E-state index is 14.5. The summed E-state index contributed by atoms with van der Waals surface area (Å²) in [5.41, 5.74) is 1.29. The predicted octanol–water partition coefficient (Wildman–Crippen LogP) is 7.61. The van der Waals surface area contributed by atoms with Gasteiger partial charge in [0.2, 0.25) is 5.79 Å². The molecule has 15 atom stereocenters. The maximum atomic E-state index is 14.5. The minimum Gasteiger partial charge on any atom is -0.460 e. The first-order chi connectivity index (χ1) is 32.1. The van der Waals surface area contributed by atoms with Crippen LogP contribution in [0.25, 0.3) is 0 Å². The monoisotopic (exact) mass is 956 g/mol. The van der Waals surface area contributed by atoms with Gasteiger partial charge in [0.25, 0.3) is 11.7 Å². The summed E-state index contributed by atoms with van der Waals surface area (Å²) in [6, 6.07) is -1.13. The maximum Gasteiger partial charge on any atom is 0.329 e. The molecule has 0 aromatic carbocycles. The Morgan fingerprint density at radius 3 is 2.21 bits per heavy atom. The number of nitrogens with zero attached hydrogens (tertiary/aromatic N) is 1. The first kappa shape index (κ1) is 57.2. The molecule has 2 saturated heterocycles. The van der Waals surface area contributed by atoms with E-state index in [-0.39, 0.29) is 67.0 Å². The number of aliphatic hydroxyl groups excluding tert-OH is 1. The van der Waals surface area contributed by atoms with E-state index in [0.717, 1.165) is 24.8 Å². The number of Topliss-reactive ketones (excluding diaryl/α,β-unsaturated/α-hetero) is 3. The van der Waals surface area contributed by atoms with Crippen molar-refractivity contribution in [3.63, 3.8) is 0 Å². The van der Waals surface area contributed by atoms with Gasteiger partial charge >= 0.3 is 5.97 Å². The molecule has 68 heavy (non-hydrogen) atoms. The standard InChI is InChI=1S/C54H85NO13/c1-32(2)66-44-24-22-40(29-47(44)64-11)28-36(6)46-31-43(56)35(5)27-38(8)49(58)50(65-12)48(57)37(7)26-33(3)18-14-13-15-19-34(4)45(63-10)30-41-23-21-39(9)54(62,68-41)51(59)52(60)55-25-17-16-20-42(55)53(61)67-46/h13-15,18-19,27,32-33,35-37,39-42,44-47,49-50,58,62H,16-17,20-26,28-31H2,1-12H3/t33-,35-,36-,37-,39-,40+,41?,42+,44-,45+,46?,47-,49-,50+,54?/m1/s1. The Labute approximate surface area is 406 Å². The van der Waals surface area contributed by atoms with Crippen LogP contribution in [0.2, 0.25) is 0 Å². The number of ether oxygens (including phenoxy) is 6. The van der Waals surface area contributed by atoms with Crippen molar-refractivity contribution in [3.05, 3.63) is 47.6 Å². The second-order valence-electron chi connectivity index (χ2n) is 20.7. The molecule has 1 aliphatic carbocycles. The number of allylic oxidation sites excluding steroid dienone is 6. The summed E-state index contributed by atoms with van der Waals surface area (Å²) in [6.07, 6.45) is 12.8. The largest absolute Gasteiger partial charge is 0.460 e. The molecular formula is C54H85NO13. The highest BCUT2D eigenvalue weighted by atomic mass is 16.6. The van der Waals surface area contributed by atoms with Crippen LogP contribution in [-0.2, 0) is 52.4 Å². The van der Waals surface area contributed by atoms with Gasteiger partial charge in [-0.05, 0) is 121 Å². The van der Waals surface area contributed by atoms with Gasteiger partial charge in [0.15, 0.2) is 5.78 Å². The van der Waals surface area contributed by atoms with Crippen molar-refractivity contribution in [3.8, 4) is 0 Å². The van der Waals surface area contributed by atoms with E-state index < -0.39 is 77.8 Å². The minimum atomic E-state index is -2.42. The van der Waals surface area contributed by atoms with E-state index in [0.29, 0.717) is 50.5 Å². The predicted molar refractivity (Wildman–Crippen MR) is 259 cm³/mol. The third-order valence-corrected chi connectivity index (χ3v) is 14.9. The van der Waals surface area contributed by atoms with Crippen LogP contribution in [-0.4, -0.2) is 133 Å². The van der Waals surface area contributed by atoms with Crippen LogP contribution in [0.1, 0.15) is 139 Å². The van der Waals surface area contributed by atoms with Crippen molar-refractivity contribution >= 4 is 29.2 Å². The van der Waals surface area contributed by atoms with E-state index in [4.69, 9.17) is 28.4 Å². The highest BCUT2D eigenvalue weighted by molar-refractivity contribution is 6.39. The lowest BCUT2D eigenvalue weighted by Crippen LogP contribution is -2.61. The van der Waals surface area contributed by atoms with Gasteiger partial charge in [-0.15, -0.1) is 0 Å². The Morgan fingerprint density at radius 1 is 0.824 bits per heavy atom. The molecule has 2 N–H and O–H groups in total. The normalized spacial score (nSPS) is 36.8. The first-order valence-corrected chi connectivity index (χ1v) is 25.3. The molecule has 3 aliphatic heterocycles. The van der Waals surface area contributed by atoms with Gasteiger partial charge in [-0.3, -0.25) is 19.2 Å². The van der Waals surface area contributed by atoms with Crippen molar-refractivity contribution in [2.24, 2.45) is 35.5 Å². The highest BCUT2D eigenvalue weighted by Crippen LogP contribution is 2.38. The van der Waals surface area contributed by atoms with Gasteiger partial charge in [0, 0.05) is 58.5 Å². The van der Waals surface area contributed by atoms with E-state index in [9.17, 15) is 34.2 Å². The number of cyclic esters (lactones) is 1. The average Bonchev–Trinajstić information content (AvgIpc) is 3.30. The summed E-state index contributed by atoms with van der Waals surface area (Å²) in [5, 5.41) is 23.5. The van der Waals surface area contributed by atoms with Crippen molar-refractivity contribution in [2.75, 3.05) is 27.9 Å². The molecule has 384 valence electrons. The Balaban J connectivity index is 1.70. The Bertz CT molecular complexity index is 1820. The average molecular weight is 956 g/mol. The summed E-state index contributed by atoms with van der Waals surface area (Å²) in [7, 11) is 4.66. The molecule has 14 heteroatoms. The van der Waals surface area contributed by atoms with Crippen LogP contribution in [0.4, 0.5) is 0 Å². The summed E-state index contributed by atoms with van der Waals surface area (Å²) in [4.78, 5) is 72.2. The quantitative estimate of drug-likeness (QED) is 0.138. The molecule has 0 spiro atoms. The van der Waals surface area contributed by atoms with Crippen molar-refractivity contribution < 1.29 is 62.6 Å². The van der Waals surface area contributed by atoms with Crippen LogP contribution in [0.3, 0.4) is 0 Å². The molecule has 3 heterocycles. The molecule has 4 rings (SSSR count). The van der Waals surface area contributed by atoms with Crippen LogP contribution in [0, 0.1) is 35.5 Å². The molecule has 2 bridgehead atoms. The number of fused-ring (bicyclic) bond motifs is 3. The number of methoxy groups -OCH3 is 3. The summed E-state index contributed by atoms with van der Waals surface area (Å²) < 4.78 is 36.0.